The van der Waals surface area contributed by atoms with Crippen LogP contribution in [-0.2, 0) is 5.41 Å². The molecule has 0 saturated heterocycles. The van der Waals surface area contributed by atoms with Gasteiger partial charge in [0.25, 0.3) is 0 Å². The van der Waals surface area contributed by atoms with Crippen LogP contribution < -0.4 is 10.5 Å². The van der Waals surface area contributed by atoms with Crippen LogP contribution in [0.2, 0.25) is 0 Å². The SMILES string of the molecule is CC(C)C1(c2ccccc2)C(C#N)=C(N)Oc2[nH]ncc21. The van der Waals surface area contributed by atoms with Gasteiger partial charge in [0.05, 0.1) is 17.2 Å². The van der Waals surface area contributed by atoms with Gasteiger partial charge in [-0.1, -0.05) is 44.2 Å². The van der Waals surface area contributed by atoms with E-state index in [1.165, 1.54) is 0 Å². The second-order valence-corrected chi connectivity index (χ2v) is 5.39. The summed E-state index contributed by atoms with van der Waals surface area (Å²) in [5.41, 5.74) is 7.62. The van der Waals surface area contributed by atoms with E-state index in [-0.39, 0.29) is 11.8 Å². The van der Waals surface area contributed by atoms with Crippen molar-refractivity contribution < 1.29 is 4.74 Å². The van der Waals surface area contributed by atoms with Crippen LogP contribution in [0.15, 0.2) is 48.0 Å². The fraction of sp³-hybridized carbons (Fsp3) is 0.250. The third-order valence-corrected chi connectivity index (χ3v) is 4.09. The number of nitriles is 1. The number of ether oxygens (including phenoxy) is 1. The average molecular weight is 280 g/mol. The fourth-order valence-electron chi connectivity index (χ4n) is 3.20. The molecule has 1 aromatic heterocycles. The summed E-state index contributed by atoms with van der Waals surface area (Å²) in [5, 5.41) is 16.6. The summed E-state index contributed by atoms with van der Waals surface area (Å²) in [4.78, 5) is 0. The number of hydrogen-bond acceptors (Lipinski definition) is 4. The molecule has 0 spiro atoms. The van der Waals surface area contributed by atoms with Gasteiger partial charge in [0.15, 0.2) is 0 Å². The summed E-state index contributed by atoms with van der Waals surface area (Å²) in [7, 11) is 0. The van der Waals surface area contributed by atoms with Crippen molar-refractivity contribution in [1.82, 2.24) is 10.2 Å². The lowest BCUT2D eigenvalue weighted by molar-refractivity contribution is 0.324. The van der Waals surface area contributed by atoms with E-state index in [1.54, 1.807) is 6.20 Å². The Morgan fingerprint density at radius 2 is 2.05 bits per heavy atom. The first-order valence-electron chi connectivity index (χ1n) is 6.80. The molecule has 1 unspecified atom stereocenters. The standard InChI is InChI=1S/C16H16N4O/c1-10(2)16(11-6-4-3-5-7-11)12(8-17)14(18)21-15-13(16)9-19-20-15/h3-7,9-10H,18H2,1-2H3,(H,19,20). The maximum Gasteiger partial charge on any atom is 0.221 e. The molecule has 2 aromatic rings. The molecule has 2 heterocycles. The van der Waals surface area contributed by atoms with Gasteiger partial charge in [-0.05, 0) is 11.5 Å². The van der Waals surface area contributed by atoms with Crippen LogP contribution >= 0.6 is 0 Å². The minimum Gasteiger partial charge on any atom is -0.422 e. The number of hydrogen-bond donors (Lipinski definition) is 2. The highest BCUT2D eigenvalue weighted by atomic mass is 16.5. The zero-order chi connectivity index (χ0) is 15.0. The highest BCUT2D eigenvalue weighted by Crippen LogP contribution is 2.50. The largest absolute Gasteiger partial charge is 0.422 e. The Morgan fingerprint density at radius 1 is 1.33 bits per heavy atom. The molecular formula is C16H16N4O. The van der Waals surface area contributed by atoms with Crippen LogP contribution in [0, 0.1) is 17.2 Å². The van der Waals surface area contributed by atoms with Crippen LogP contribution in [0.1, 0.15) is 25.0 Å². The Kier molecular flexibility index (Phi) is 2.95. The number of benzene rings is 1. The molecule has 5 heteroatoms. The molecule has 1 aliphatic heterocycles. The van der Waals surface area contributed by atoms with Crippen LogP contribution in [-0.4, -0.2) is 10.2 Å². The Labute approximate surface area is 123 Å². The second kappa shape index (κ2) is 4.67. The number of nitrogens with one attached hydrogen (secondary N) is 1. The minimum atomic E-state index is -0.652. The molecule has 0 saturated carbocycles. The number of rotatable bonds is 2. The third kappa shape index (κ3) is 1.66. The number of allylic oxidation sites excluding steroid dienone is 1. The number of aromatic amines is 1. The topological polar surface area (TPSA) is 87.7 Å². The van der Waals surface area contributed by atoms with Crippen molar-refractivity contribution in [3.8, 4) is 11.9 Å². The molecule has 0 fully saturated rings. The zero-order valence-corrected chi connectivity index (χ0v) is 11.9. The Morgan fingerprint density at radius 3 is 2.67 bits per heavy atom. The van der Waals surface area contributed by atoms with Crippen molar-refractivity contribution in [2.75, 3.05) is 0 Å². The summed E-state index contributed by atoms with van der Waals surface area (Å²) >= 11 is 0. The Bertz CT molecular complexity index is 739. The summed E-state index contributed by atoms with van der Waals surface area (Å²) in [5.74, 6) is 0.740. The highest BCUT2D eigenvalue weighted by Gasteiger charge is 2.49. The lowest BCUT2D eigenvalue weighted by atomic mass is 9.62. The molecule has 1 aromatic carbocycles. The predicted octanol–water partition coefficient (Wildman–Crippen LogP) is 2.44. The van der Waals surface area contributed by atoms with E-state index in [4.69, 9.17) is 10.5 Å². The van der Waals surface area contributed by atoms with Crippen LogP contribution in [0.4, 0.5) is 0 Å². The Hall–Kier alpha value is -2.74. The van der Waals surface area contributed by atoms with E-state index in [2.05, 4.69) is 30.1 Å². The first-order chi connectivity index (χ1) is 10.1. The normalized spacial score (nSPS) is 20.9. The molecule has 3 N–H and O–H groups in total. The van der Waals surface area contributed by atoms with E-state index in [9.17, 15) is 5.26 Å². The zero-order valence-electron chi connectivity index (χ0n) is 11.9. The lowest BCUT2D eigenvalue weighted by Crippen LogP contribution is -2.40. The van der Waals surface area contributed by atoms with E-state index in [0.717, 1.165) is 11.1 Å². The maximum absolute atomic E-state index is 9.67. The molecule has 0 bridgehead atoms. The molecule has 106 valence electrons. The van der Waals surface area contributed by atoms with Gasteiger partial charge < -0.3 is 10.5 Å². The van der Waals surface area contributed by atoms with Crippen LogP contribution in [0.25, 0.3) is 0 Å². The molecule has 3 rings (SSSR count). The smallest absolute Gasteiger partial charge is 0.221 e. The van der Waals surface area contributed by atoms with E-state index in [1.807, 2.05) is 30.3 Å². The van der Waals surface area contributed by atoms with Crippen molar-refractivity contribution in [2.24, 2.45) is 11.7 Å². The quantitative estimate of drug-likeness (QED) is 0.884. The molecule has 0 amide bonds. The van der Waals surface area contributed by atoms with Gasteiger partial charge in [-0.2, -0.15) is 10.4 Å². The van der Waals surface area contributed by atoms with Gasteiger partial charge in [-0.15, -0.1) is 0 Å². The Balaban J connectivity index is 2.41. The number of nitrogens with two attached hydrogens (primary N) is 1. The van der Waals surface area contributed by atoms with Gasteiger partial charge in [-0.3, -0.25) is 0 Å². The second-order valence-electron chi connectivity index (χ2n) is 5.39. The molecule has 1 aliphatic rings. The van der Waals surface area contributed by atoms with Gasteiger partial charge in [0, 0.05) is 0 Å². The average Bonchev–Trinajstić information content (AvgIpc) is 2.94. The number of aromatic nitrogens is 2. The van der Waals surface area contributed by atoms with Gasteiger partial charge in [0.1, 0.15) is 11.6 Å². The number of fused-ring (bicyclic) bond motifs is 1. The molecule has 1 atom stereocenters. The van der Waals surface area contributed by atoms with Gasteiger partial charge >= 0.3 is 0 Å². The molecule has 21 heavy (non-hydrogen) atoms. The first kappa shape index (κ1) is 13.3. The number of nitrogens with zero attached hydrogens (tertiary/aromatic N) is 2. The summed E-state index contributed by atoms with van der Waals surface area (Å²) in [6.07, 6.45) is 1.71. The van der Waals surface area contributed by atoms with E-state index < -0.39 is 5.41 Å². The predicted molar refractivity (Wildman–Crippen MR) is 78.1 cm³/mol. The minimum absolute atomic E-state index is 0.105. The summed E-state index contributed by atoms with van der Waals surface area (Å²) < 4.78 is 5.52. The van der Waals surface area contributed by atoms with E-state index >= 15 is 0 Å². The summed E-state index contributed by atoms with van der Waals surface area (Å²) in [6, 6.07) is 12.1. The maximum atomic E-state index is 9.67. The van der Waals surface area contributed by atoms with Crippen molar-refractivity contribution in [1.29, 1.82) is 5.26 Å². The monoisotopic (exact) mass is 280 g/mol. The molecule has 0 radical (unpaired) electrons. The van der Waals surface area contributed by atoms with Crippen molar-refractivity contribution in [3.63, 3.8) is 0 Å². The van der Waals surface area contributed by atoms with Crippen molar-refractivity contribution in [3.05, 3.63) is 59.1 Å². The third-order valence-electron chi connectivity index (χ3n) is 4.09. The van der Waals surface area contributed by atoms with Gasteiger partial charge in [-0.25, -0.2) is 5.10 Å². The number of H-pyrrole nitrogens is 1. The van der Waals surface area contributed by atoms with Crippen molar-refractivity contribution >= 4 is 0 Å². The molecular weight excluding hydrogens is 264 g/mol. The lowest BCUT2D eigenvalue weighted by Gasteiger charge is -2.40. The van der Waals surface area contributed by atoms with Crippen molar-refractivity contribution in [2.45, 2.75) is 19.3 Å². The van der Waals surface area contributed by atoms with Crippen LogP contribution in [0.3, 0.4) is 0 Å². The molecule has 5 nitrogen and oxygen atoms in total. The fourth-order valence-corrected chi connectivity index (χ4v) is 3.20. The first-order valence-corrected chi connectivity index (χ1v) is 6.80. The van der Waals surface area contributed by atoms with E-state index in [0.29, 0.717) is 11.5 Å². The summed E-state index contributed by atoms with van der Waals surface area (Å²) in [6.45, 7) is 4.14. The molecule has 0 aliphatic carbocycles. The van der Waals surface area contributed by atoms with Gasteiger partial charge in [0.2, 0.25) is 11.8 Å². The highest BCUT2D eigenvalue weighted by molar-refractivity contribution is 5.59. The van der Waals surface area contributed by atoms with Crippen LogP contribution in [0.5, 0.6) is 5.88 Å².